The van der Waals surface area contributed by atoms with Gasteiger partial charge in [-0.05, 0) is 17.7 Å². The van der Waals surface area contributed by atoms with E-state index < -0.39 is 12.1 Å². The standard InChI is InChI=1S/C15H13NO2/c16-13-14(17)11-8-4-5-9-12(11)18-15(13)10-6-2-1-3-7-10/h1-9,13,15H,16H2/t13-,15-/m1/s1. The average molecular weight is 239 g/mol. The van der Waals surface area contributed by atoms with Crippen molar-refractivity contribution in [2.24, 2.45) is 5.73 Å². The van der Waals surface area contributed by atoms with Gasteiger partial charge in [-0.15, -0.1) is 0 Å². The molecule has 0 aliphatic carbocycles. The van der Waals surface area contributed by atoms with Crippen molar-refractivity contribution in [3.8, 4) is 5.75 Å². The van der Waals surface area contributed by atoms with Crippen LogP contribution in [0.5, 0.6) is 5.75 Å². The molecule has 0 amide bonds. The van der Waals surface area contributed by atoms with E-state index >= 15 is 0 Å². The highest BCUT2D eigenvalue weighted by Crippen LogP contribution is 2.33. The minimum atomic E-state index is -0.651. The lowest BCUT2D eigenvalue weighted by molar-refractivity contribution is 0.0789. The molecular formula is C15H13NO2. The maximum absolute atomic E-state index is 12.2. The van der Waals surface area contributed by atoms with Crippen LogP contribution in [-0.2, 0) is 0 Å². The summed E-state index contributed by atoms with van der Waals surface area (Å²) in [7, 11) is 0. The van der Waals surface area contributed by atoms with Crippen LogP contribution in [0.25, 0.3) is 0 Å². The number of rotatable bonds is 1. The third-order valence-corrected chi connectivity index (χ3v) is 3.16. The van der Waals surface area contributed by atoms with Crippen LogP contribution in [0.1, 0.15) is 22.0 Å². The molecule has 2 aromatic carbocycles. The lowest BCUT2D eigenvalue weighted by Crippen LogP contribution is -2.42. The molecule has 1 aliphatic rings. The predicted octanol–water partition coefficient (Wildman–Crippen LogP) is 2.33. The fraction of sp³-hybridized carbons (Fsp3) is 0.133. The Morgan fingerprint density at radius 2 is 1.61 bits per heavy atom. The first-order valence-corrected chi connectivity index (χ1v) is 5.88. The van der Waals surface area contributed by atoms with Crippen molar-refractivity contribution in [2.45, 2.75) is 12.1 Å². The zero-order valence-corrected chi connectivity index (χ0v) is 9.74. The van der Waals surface area contributed by atoms with Gasteiger partial charge in [0.2, 0.25) is 0 Å². The molecule has 0 radical (unpaired) electrons. The van der Waals surface area contributed by atoms with Crippen LogP contribution in [-0.4, -0.2) is 11.8 Å². The number of ether oxygens (including phenoxy) is 1. The van der Waals surface area contributed by atoms with Crippen molar-refractivity contribution in [3.05, 3.63) is 65.7 Å². The molecule has 2 N–H and O–H groups in total. The van der Waals surface area contributed by atoms with E-state index in [9.17, 15) is 4.79 Å². The van der Waals surface area contributed by atoms with E-state index in [-0.39, 0.29) is 5.78 Å². The summed E-state index contributed by atoms with van der Waals surface area (Å²) in [6.07, 6.45) is -0.409. The maximum atomic E-state index is 12.2. The molecule has 0 aromatic heterocycles. The second-order valence-electron chi connectivity index (χ2n) is 4.34. The molecule has 18 heavy (non-hydrogen) atoms. The molecule has 2 aromatic rings. The second kappa shape index (κ2) is 4.27. The monoisotopic (exact) mass is 239 g/mol. The van der Waals surface area contributed by atoms with Gasteiger partial charge >= 0.3 is 0 Å². The van der Waals surface area contributed by atoms with E-state index in [1.54, 1.807) is 12.1 Å². The van der Waals surface area contributed by atoms with Crippen LogP contribution < -0.4 is 10.5 Å². The number of benzene rings is 2. The molecule has 1 aliphatic heterocycles. The summed E-state index contributed by atoms with van der Waals surface area (Å²) < 4.78 is 5.85. The zero-order chi connectivity index (χ0) is 12.5. The number of hydrogen-bond donors (Lipinski definition) is 1. The minimum Gasteiger partial charge on any atom is -0.483 e. The first kappa shape index (κ1) is 11.0. The van der Waals surface area contributed by atoms with Gasteiger partial charge in [0.25, 0.3) is 0 Å². The van der Waals surface area contributed by atoms with Gasteiger partial charge in [0.1, 0.15) is 17.9 Å². The van der Waals surface area contributed by atoms with Gasteiger partial charge in [0, 0.05) is 0 Å². The topological polar surface area (TPSA) is 52.3 Å². The van der Waals surface area contributed by atoms with Crippen molar-refractivity contribution < 1.29 is 9.53 Å². The van der Waals surface area contributed by atoms with Gasteiger partial charge in [0.15, 0.2) is 5.78 Å². The van der Waals surface area contributed by atoms with E-state index in [1.165, 1.54) is 0 Å². The van der Waals surface area contributed by atoms with Crippen molar-refractivity contribution in [1.82, 2.24) is 0 Å². The van der Waals surface area contributed by atoms with Crippen molar-refractivity contribution in [3.63, 3.8) is 0 Å². The largest absolute Gasteiger partial charge is 0.483 e. The summed E-state index contributed by atoms with van der Waals surface area (Å²) in [5.74, 6) is 0.545. The van der Waals surface area contributed by atoms with Crippen LogP contribution in [0.4, 0.5) is 0 Å². The van der Waals surface area contributed by atoms with Crippen LogP contribution in [0.2, 0.25) is 0 Å². The van der Waals surface area contributed by atoms with E-state index in [2.05, 4.69) is 0 Å². The Morgan fingerprint density at radius 1 is 0.944 bits per heavy atom. The summed E-state index contributed by atoms with van der Waals surface area (Å²) in [4.78, 5) is 12.2. The normalized spacial score (nSPS) is 22.2. The molecule has 0 bridgehead atoms. The number of fused-ring (bicyclic) bond motifs is 1. The highest BCUT2D eigenvalue weighted by atomic mass is 16.5. The van der Waals surface area contributed by atoms with E-state index in [1.807, 2.05) is 42.5 Å². The highest BCUT2D eigenvalue weighted by molar-refractivity contribution is 6.03. The third kappa shape index (κ3) is 1.69. The van der Waals surface area contributed by atoms with Crippen LogP contribution in [0, 0.1) is 0 Å². The van der Waals surface area contributed by atoms with Gasteiger partial charge in [-0.25, -0.2) is 0 Å². The highest BCUT2D eigenvalue weighted by Gasteiger charge is 2.35. The average Bonchev–Trinajstić information content (AvgIpc) is 2.44. The summed E-state index contributed by atoms with van der Waals surface area (Å²) in [6.45, 7) is 0. The number of hydrogen-bond acceptors (Lipinski definition) is 3. The Bertz CT molecular complexity index is 580. The predicted molar refractivity (Wildman–Crippen MR) is 68.6 cm³/mol. The summed E-state index contributed by atoms with van der Waals surface area (Å²) in [6, 6.07) is 16.2. The number of ketones is 1. The number of para-hydroxylation sites is 1. The lowest BCUT2D eigenvalue weighted by Gasteiger charge is -2.30. The van der Waals surface area contributed by atoms with E-state index in [4.69, 9.17) is 10.5 Å². The first-order valence-electron chi connectivity index (χ1n) is 5.88. The van der Waals surface area contributed by atoms with Gasteiger partial charge in [-0.1, -0.05) is 42.5 Å². The van der Waals surface area contributed by atoms with Gasteiger partial charge in [-0.3, -0.25) is 4.79 Å². The molecule has 3 rings (SSSR count). The number of carbonyl (C=O) groups is 1. The Balaban J connectivity index is 2.04. The Hall–Kier alpha value is -2.13. The molecule has 2 atom stereocenters. The number of Topliss-reactive ketones (excluding diaryl/α,β-unsaturated/α-hetero) is 1. The SMILES string of the molecule is N[C@@H]1C(=O)c2ccccc2O[C@@H]1c1ccccc1. The second-order valence-corrected chi connectivity index (χ2v) is 4.34. The molecule has 1 heterocycles. The number of nitrogens with two attached hydrogens (primary N) is 1. The lowest BCUT2D eigenvalue weighted by atomic mass is 9.92. The molecule has 0 fully saturated rings. The Kier molecular flexibility index (Phi) is 2.61. The summed E-state index contributed by atoms with van der Waals surface area (Å²) in [5.41, 5.74) is 7.49. The summed E-state index contributed by atoms with van der Waals surface area (Å²) >= 11 is 0. The van der Waals surface area contributed by atoms with E-state index in [0.717, 1.165) is 5.56 Å². The quantitative estimate of drug-likeness (QED) is 0.831. The van der Waals surface area contributed by atoms with Gasteiger partial charge in [-0.2, -0.15) is 0 Å². The molecule has 90 valence electrons. The fourth-order valence-electron chi connectivity index (χ4n) is 2.22. The maximum Gasteiger partial charge on any atom is 0.187 e. The molecule has 0 spiro atoms. The van der Waals surface area contributed by atoms with Crippen molar-refractivity contribution >= 4 is 5.78 Å². The van der Waals surface area contributed by atoms with Crippen LogP contribution >= 0.6 is 0 Å². The minimum absolute atomic E-state index is 0.0642. The molecule has 0 saturated carbocycles. The molecule has 0 unspecified atom stereocenters. The smallest absolute Gasteiger partial charge is 0.187 e. The number of carbonyl (C=O) groups excluding carboxylic acids is 1. The first-order chi connectivity index (χ1) is 8.77. The zero-order valence-electron chi connectivity index (χ0n) is 9.74. The molecule has 0 saturated heterocycles. The van der Waals surface area contributed by atoms with Crippen molar-refractivity contribution in [2.75, 3.05) is 0 Å². The Labute approximate surface area is 105 Å². The Morgan fingerprint density at radius 3 is 2.39 bits per heavy atom. The van der Waals surface area contributed by atoms with E-state index in [0.29, 0.717) is 11.3 Å². The molecular weight excluding hydrogens is 226 g/mol. The summed E-state index contributed by atoms with van der Waals surface area (Å²) in [5, 5.41) is 0. The fourth-order valence-corrected chi connectivity index (χ4v) is 2.22. The van der Waals surface area contributed by atoms with Crippen LogP contribution in [0.3, 0.4) is 0 Å². The molecule has 3 heteroatoms. The van der Waals surface area contributed by atoms with Gasteiger partial charge < -0.3 is 10.5 Å². The van der Waals surface area contributed by atoms with Crippen molar-refractivity contribution in [1.29, 1.82) is 0 Å². The van der Waals surface area contributed by atoms with Gasteiger partial charge in [0.05, 0.1) is 5.56 Å². The van der Waals surface area contributed by atoms with Crippen LogP contribution in [0.15, 0.2) is 54.6 Å². The third-order valence-electron chi connectivity index (χ3n) is 3.16. The molecule has 3 nitrogen and oxygen atoms in total.